The van der Waals surface area contributed by atoms with Gasteiger partial charge in [0.15, 0.2) is 0 Å². The van der Waals surface area contributed by atoms with Crippen molar-refractivity contribution < 1.29 is 9.53 Å². The van der Waals surface area contributed by atoms with E-state index >= 15 is 0 Å². The molecule has 0 unspecified atom stereocenters. The Balaban J connectivity index is 0.00000144. The molecule has 0 amide bonds. The fourth-order valence-electron chi connectivity index (χ4n) is 1.64. The van der Waals surface area contributed by atoms with Crippen molar-refractivity contribution in [3.05, 3.63) is 35.9 Å². The standard InChI is InChI=1S/C12H16N2O2.ClH/c13-14-8-12(6-7-12)9-16-11(15)10-4-2-1-3-5-10;/h1-5,14H,6-9,13H2;1H. The Kier molecular flexibility index (Phi) is 4.93. The van der Waals surface area contributed by atoms with Gasteiger partial charge in [0, 0.05) is 12.0 Å². The molecule has 17 heavy (non-hydrogen) atoms. The molecular formula is C12H17ClN2O2. The zero-order chi connectivity index (χ0) is 11.4. The molecule has 0 spiro atoms. The van der Waals surface area contributed by atoms with Crippen LogP contribution in [-0.4, -0.2) is 19.1 Å². The van der Waals surface area contributed by atoms with E-state index in [4.69, 9.17) is 10.6 Å². The van der Waals surface area contributed by atoms with Crippen LogP contribution in [0.3, 0.4) is 0 Å². The van der Waals surface area contributed by atoms with E-state index in [2.05, 4.69) is 5.43 Å². The zero-order valence-electron chi connectivity index (χ0n) is 9.52. The number of carbonyl (C=O) groups excluding carboxylic acids is 1. The second kappa shape index (κ2) is 6.00. The number of esters is 1. The monoisotopic (exact) mass is 256 g/mol. The van der Waals surface area contributed by atoms with Gasteiger partial charge in [-0.25, -0.2) is 4.79 Å². The number of ether oxygens (including phenoxy) is 1. The molecule has 5 heteroatoms. The van der Waals surface area contributed by atoms with Crippen molar-refractivity contribution >= 4 is 18.4 Å². The molecule has 1 fully saturated rings. The maximum atomic E-state index is 11.6. The van der Waals surface area contributed by atoms with E-state index in [1.807, 2.05) is 18.2 Å². The lowest BCUT2D eigenvalue weighted by Crippen LogP contribution is -2.32. The van der Waals surface area contributed by atoms with Gasteiger partial charge in [-0.15, -0.1) is 12.4 Å². The SMILES string of the molecule is Cl.NNCC1(COC(=O)c2ccccc2)CC1. The lowest BCUT2D eigenvalue weighted by Gasteiger charge is -2.14. The maximum Gasteiger partial charge on any atom is 0.338 e. The molecule has 1 aliphatic rings. The van der Waals surface area contributed by atoms with E-state index in [0.717, 1.165) is 12.8 Å². The Morgan fingerprint density at radius 1 is 1.35 bits per heavy atom. The highest BCUT2D eigenvalue weighted by atomic mass is 35.5. The minimum Gasteiger partial charge on any atom is -0.461 e. The van der Waals surface area contributed by atoms with Crippen molar-refractivity contribution in [3.8, 4) is 0 Å². The van der Waals surface area contributed by atoms with Gasteiger partial charge in [0.25, 0.3) is 0 Å². The molecule has 2 rings (SSSR count). The molecule has 0 atom stereocenters. The summed E-state index contributed by atoms with van der Waals surface area (Å²) in [5.74, 6) is 5.02. The number of hydrazine groups is 1. The summed E-state index contributed by atoms with van der Waals surface area (Å²) in [5.41, 5.74) is 3.32. The van der Waals surface area contributed by atoms with Gasteiger partial charge in [-0.05, 0) is 25.0 Å². The molecule has 94 valence electrons. The van der Waals surface area contributed by atoms with Crippen molar-refractivity contribution in [2.45, 2.75) is 12.8 Å². The molecule has 1 aliphatic carbocycles. The Morgan fingerprint density at radius 3 is 2.53 bits per heavy atom. The quantitative estimate of drug-likeness (QED) is 0.476. The first kappa shape index (κ1) is 14.0. The van der Waals surface area contributed by atoms with Gasteiger partial charge in [-0.1, -0.05) is 18.2 Å². The van der Waals surface area contributed by atoms with Crippen LogP contribution in [0.1, 0.15) is 23.2 Å². The van der Waals surface area contributed by atoms with Crippen molar-refractivity contribution in [2.24, 2.45) is 11.3 Å². The lowest BCUT2D eigenvalue weighted by molar-refractivity contribution is 0.0416. The maximum absolute atomic E-state index is 11.6. The van der Waals surface area contributed by atoms with Crippen LogP contribution in [0.2, 0.25) is 0 Å². The van der Waals surface area contributed by atoms with Crippen LogP contribution in [0, 0.1) is 5.41 Å². The first-order valence-electron chi connectivity index (χ1n) is 5.41. The minimum atomic E-state index is -0.260. The van der Waals surface area contributed by atoms with Gasteiger partial charge in [0.1, 0.15) is 0 Å². The third-order valence-corrected chi connectivity index (χ3v) is 2.95. The summed E-state index contributed by atoms with van der Waals surface area (Å²) in [6.45, 7) is 1.15. The van der Waals surface area contributed by atoms with Crippen LogP contribution >= 0.6 is 12.4 Å². The summed E-state index contributed by atoms with van der Waals surface area (Å²) in [5, 5.41) is 0. The highest BCUT2D eigenvalue weighted by Gasteiger charge is 2.43. The van der Waals surface area contributed by atoms with Gasteiger partial charge in [0.2, 0.25) is 0 Å². The van der Waals surface area contributed by atoms with Crippen LogP contribution in [0.25, 0.3) is 0 Å². The highest BCUT2D eigenvalue weighted by molar-refractivity contribution is 5.89. The predicted octanol–water partition coefficient (Wildman–Crippen LogP) is 1.51. The van der Waals surface area contributed by atoms with E-state index in [0.29, 0.717) is 18.7 Å². The second-order valence-corrected chi connectivity index (χ2v) is 4.32. The summed E-state index contributed by atoms with van der Waals surface area (Å²) in [7, 11) is 0. The molecule has 0 aromatic heterocycles. The van der Waals surface area contributed by atoms with Crippen LogP contribution < -0.4 is 11.3 Å². The third-order valence-electron chi connectivity index (χ3n) is 2.95. The molecule has 3 N–H and O–H groups in total. The number of hydrogen-bond donors (Lipinski definition) is 2. The summed E-state index contributed by atoms with van der Waals surface area (Å²) in [6, 6.07) is 9.03. The van der Waals surface area contributed by atoms with Gasteiger partial charge in [0.05, 0.1) is 12.2 Å². The number of carbonyl (C=O) groups is 1. The number of benzene rings is 1. The topological polar surface area (TPSA) is 64.3 Å². The van der Waals surface area contributed by atoms with Crippen LogP contribution in [0.4, 0.5) is 0 Å². The van der Waals surface area contributed by atoms with Gasteiger partial charge >= 0.3 is 5.97 Å². The molecule has 0 saturated heterocycles. The average molecular weight is 257 g/mol. The third kappa shape index (κ3) is 3.70. The minimum absolute atomic E-state index is 0. The number of hydrogen-bond acceptors (Lipinski definition) is 4. The zero-order valence-corrected chi connectivity index (χ0v) is 10.3. The molecular weight excluding hydrogens is 240 g/mol. The summed E-state index contributed by atoms with van der Waals surface area (Å²) in [6.07, 6.45) is 2.14. The molecule has 0 heterocycles. The average Bonchev–Trinajstić information content (AvgIpc) is 3.08. The first-order chi connectivity index (χ1) is 7.76. The van der Waals surface area contributed by atoms with Crippen LogP contribution in [-0.2, 0) is 4.74 Å². The number of nitrogens with one attached hydrogen (secondary N) is 1. The van der Waals surface area contributed by atoms with E-state index in [1.54, 1.807) is 12.1 Å². The summed E-state index contributed by atoms with van der Waals surface area (Å²) in [4.78, 5) is 11.6. The summed E-state index contributed by atoms with van der Waals surface area (Å²) < 4.78 is 5.27. The van der Waals surface area contributed by atoms with Crippen molar-refractivity contribution in [2.75, 3.05) is 13.2 Å². The predicted molar refractivity (Wildman–Crippen MR) is 67.8 cm³/mol. The Bertz CT molecular complexity index is 366. The Hall–Kier alpha value is -1.10. The first-order valence-corrected chi connectivity index (χ1v) is 5.41. The molecule has 1 aromatic rings. The van der Waals surface area contributed by atoms with Gasteiger partial charge in [-0.3, -0.25) is 11.3 Å². The van der Waals surface area contributed by atoms with E-state index in [1.165, 1.54) is 0 Å². The molecule has 1 saturated carbocycles. The van der Waals surface area contributed by atoms with Crippen LogP contribution in [0.5, 0.6) is 0 Å². The summed E-state index contributed by atoms with van der Waals surface area (Å²) >= 11 is 0. The smallest absolute Gasteiger partial charge is 0.338 e. The molecule has 4 nitrogen and oxygen atoms in total. The Morgan fingerprint density at radius 2 is 2.00 bits per heavy atom. The number of nitrogens with two attached hydrogens (primary N) is 1. The number of halogens is 1. The van der Waals surface area contributed by atoms with Crippen molar-refractivity contribution in [1.82, 2.24) is 5.43 Å². The van der Waals surface area contributed by atoms with Crippen LogP contribution in [0.15, 0.2) is 30.3 Å². The van der Waals surface area contributed by atoms with Crippen molar-refractivity contribution in [3.63, 3.8) is 0 Å². The van der Waals surface area contributed by atoms with Gasteiger partial charge < -0.3 is 4.74 Å². The van der Waals surface area contributed by atoms with E-state index < -0.39 is 0 Å². The molecule has 1 aromatic carbocycles. The number of rotatable bonds is 5. The van der Waals surface area contributed by atoms with E-state index in [9.17, 15) is 4.79 Å². The van der Waals surface area contributed by atoms with Gasteiger partial charge in [-0.2, -0.15) is 0 Å². The highest BCUT2D eigenvalue weighted by Crippen LogP contribution is 2.45. The van der Waals surface area contributed by atoms with E-state index in [-0.39, 0.29) is 23.8 Å². The molecule has 0 bridgehead atoms. The largest absolute Gasteiger partial charge is 0.461 e. The molecule has 0 radical (unpaired) electrons. The molecule has 0 aliphatic heterocycles. The second-order valence-electron chi connectivity index (χ2n) is 4.32. The lowest BCUT2D eigenvalue weighted by atomic mass is 10.1. The normalized spacial score (nSPS) is 15.8. The fraction of sp³-hybridized carbons (Fsp3) is 0.417. The Labute approximate surface area is 107 Å². The van der Waals surface area contributed by atoms with Crippen molar-refractivity contribution in [1.29, 1.82) is 0 Å². The fourth-order valence-corrected chi connectivity index (χ4v) is 1.64.